The maximum absolute atomic E-state index is 6.17. The molecule has 6 fully saturated rings. The molecular weight excluding hydrogens is 693 g/mol. The number of hydrogen-bond acceptors (Lipinski definition) is 6. The lowest BCUT2D eigenvalue weighted by Crippen LogP contribution is -2.48. The van der Waals surface area contributed by atoms with Gasteiger partial charge >= 0.3 is 0 Å². The van der Waals surface area contributed by atoms with Gasteiger partial charge in [-0.05, 0) is 97.8 Å². The van der Waals surface area contributed by atoms with Crippen LogP contribution in [0.2, 0.25) is 0 Å². The Kier molecular flexibility index (Phi) is 11.3. The number of benzene rings is 4. The number of fused-ring (bicyclic) bond motifs is 6. The predicted octanol–water partition coefficient (Wildman–Crippen LogP) is 8.94. The van der Waals surface area contributed by atoms with Crippen LogP contribution in [-0.4, -0.2) is 68.6 Å². The number of piperidine rings is 6. The van der Waals surface area contributed by atoms with Crippen LogP contribution in [0.4, 0.5) is 0 Å². The zero-order chi connectivity index (χ0) is 37.5. The van der Waals surface area contributed by atoms with Crippen LogP contribution in [0.3, 0.4) is 0 Å². The monoisotopic (exact) mass is 746 g/mol. The summed E-state index contributed by atoms with van der Waals surface area (Å²) in [5, 5.41) is 9.71. The molecule has 8 nitrogen and oxygen atoms in total. The van der Waals surface area contributed by atoms with Gasteiger partial charge in [-0.25, -0.2) is 0 Å². The van der Waals surface area contributed by atoms with Gasteiger partial charge in [-0.3, -0.25) is 9.36 Å². The van der Waals surface area contributed by atoms with E-state index in [9.17, 15) is 0 Å². The van der Waals surface area contributed by atoms with E-state index in [4.69, 9.17) is 19.7 Å². The highest BCUT2D eigenvalue weighted by molar-refractivity contribution is 5.68. The van der Waals surface area contributed by atoms with Crippen LogP contribution in [0.5, 0.6) is 11.8 Å². The van der Waals surface area contributed by atoms with E-state index in [1.807, 2.05) is 48.5 Å². The number of ether oxygens (including phenoxy) is 2. The van der Waals surface area contributed by atoms with Gasteiger partial charge < -0.3 is 19.3 Å². The van der Waals surface area contributed by atoms with E-state index in [1.54, 1.807) is 0 Å². The van der Waals surface area contributed by atoms with Crippen molar-refractivity contribution in [2.45, 2.75) is 52.0 Å². The number of rotatable bonds is 12. The van der Waals surface area contributed by atoms with Crippen LogP contribution in [0.1, 0.15) is 36.8 Å². The highest BCUT2D eigenvalue weighted by Gasteiger charge is 2.35. The summed E-state index contributed by atoms with van der Waals surface area (Å²) in [7, 11) is 0. The minimum atomic E-state index is 0.539. The lowest BCUT2D eigenvalue weighted by atomic mass is 9.79. The van der Waals surface area contributed by atoms with Crippen molar-refractivity contribution >= 4 is 0 Å². The van der Waals surface area contributed by atoms with E-state index >= 15 is 0 Å². The van der Waals surface area contributed by atoms with E-state index in [2.05, 4.69) is 104 Å². The molecule has 288 valence electrons. The molecule has 2 atom stereocenters. The molecule has 8 heteroatoms. The molecule has 0 amide bonds. The van der Waals surface area contributed by atoms with Crippen LogP contribution in [0.15, 0.2) is 134 Å². The fourth-order valence-corrected chi connectivity index (χ4v) is 9.36. The zero-order valence-electron chi connectivity index (χ0n) is 32.4. The molecule has 6 aromatic rings. The van der Waals surface area contributed by atoms with E-state index in [1.165, 1.54) is 65.0 Å². The summed E-state index contributed by atoms with van der Waals surface area (Å²) in [4.78, 5) is 5.22. The van der Waals surface area contributed by atoms with Gasteiger partial charge in [0.05, 0.1) is 11.1 Å². The second-order valence-corrected chi connectivity index (χ2v) is 16.2. The summed E-state index contributed by atoms with van der Waals surface area (Å²) in [5.41, 5.74) is 6.80. The average Bonchev–Trinajstić information content (AvgIpc) is 3.88. The fraction of sp³-hybridized carbons (Fsp3) is 0.375. The Hall–Kier alpha value is -5.18. The summed E-state index contributed by atoms with van der Waals surface area (Å²) in [6, 6.07) is 41.5. The van der Waals surface area contributed by atoms with Crippen molar-refractivity contribution in [2.75, 3.05) is 39.3 Å². The van der Waals surface area contributed by atoms with Gasteiger partial charge in [-0.2, -0.15) is 0 Å². The van der Waals surface area contributed by atoms with Gasteiger partial charge in [0.25, 0.3) is 0 Å². The molecule has 0 saturated carbocycles. The molecule has 0 N–H and O–H groups in total. The molecule has 56 heavy (non-hydrogen) atoms. The maximum Gasteiger partial charge on any atom is 0.241 e. The van der Waals surface area contributed by atoms with Crippen molar-refractivity contribution in [1.29, 1.82) is 0 Å². The first-order valence-corrected chi connectivity index (χ1v) is 20.7. The Labute approximate surface area is 331 Å². The number of nitrogens with zero attached hydrogens (tertiary/aromatic N) is 6. The fourth-order valence-electron chi connectivity index (χ4n) is 9.36. The Balaban J connectivity index is 0.000000146. The van der Waals surface area contributed by atoms with Gasteiger partial charge in [0.15, 0.2) is 0 Å². The lowest BCUT2D eigenvalue weighted by molar-refractivity contribution is 0.0403. The van der Waals surface area contributed by atoms with Crippen molar-refractivity contribution in [2.24, 2.45) is 23.7 Å². The van der Waals surface area contributed by atoms with Gasteiger partial charge in [-0.1, -0.05) is 121 Å². The predicted molar refractivity (Wildman–Crippen MR) is 222 cm³/mol. The first-order valence-electron chi connectivity index (χ1n) is 20.7. The largest absolute Gasteiger partial charge is 0.471 e. The number of hydrogen-bond donors (Lipinski definition) is 0. The van der Waals surface area contributed by atoms with Crippen molar-refractivity contribution in [3.63, 3.8) is 0 Å². The normalized spacial score (nSPS) is 23.6. The van der Waals surface area contributed by atoms with E-state index in [-0.39, 0.29) is 0 Å². The molecule has 4 bridgehead atoms. The number of aromatic nitrogens is 4. The Morgan fingerprint density at radius 3 is 1.16 bits per heavy atom. The first kappa shape index (κ1) is 36.5. The molecule has 12 rings (SSSR count). The Morgan fingerprint density at radius 1 is 0.464 bits per heavy atom. The first-order chi connectivity index (χ1) is 27.7. The van der Waals surface area contributed by atoms with Crippen LogP contribution in [0.25, 0.3) is 22.3 Å². The summed E-state index contributed by atoms with van der Waals surface area (Å²) in [6.07, 6.45) is 9.72. The average molecular weight is 747 g/mol. The summed E-state index contributed by atoms with van der Waals surface area (Å²) < 4.78 is 16.6. The van der Waals surface area contributed by atoms with Crippen LogP contribution in [-0.2, 0) is 26.3 Å². The van der Waals surface area contributed by atoms with Crippen LogP contribution < -0.4 is 9.47 Å². The van der Waals surface area contributed by atoms with E-state index in [0.717, 1.165) is 70.1 Å². The SMILES string of the molecule is c1ccc(COc2nn(CC3CN4CCC3CC4)cc2-c2ccccc2)cc1.c1ccc(COc2nn(CC3CN4CCC3CC4)cc2-c2ccccc2)cc1. The second kappa shape index (κ2) is 17.3. The van der Waals surface area contributed by atoms with Gasteiger partial charge in [0.2, 0.25) is 11.8 Å². The summed E-state index contributed by atoms with van der Waals surface area (Å²) >= 11 is 0. The topological polar surface area (TPSA) is 60.6 Å². The van der Waals surface area contributed by atoms with Gasteiger partial charge in [0, 0.05) is 38.6 Å². The molecule has 4 aromatic carbocycles. The molecular formula is C48H54N6O2. The third-order valence-corrected chi connectivity index (χ3v) is 12.5. The smallest absolute Gasteiger partial charge is 0.241 e. The molecule has 0 aliphatic carbocycles. The lowest BCUT2D eigenvalue weighted by Gasteiger charge is -2.44. The van der Waals surface area contributed by atoms with E-state index < -0.39 is 0 Å². The minimum Gasteiger partial charge on any atom is -0.471 e. The zero-order valence-corrected chi connectivity index (χ0v) is 32.4. The third-order valence-electron chi connectivity index (χ3n) is 12.5. The third kappa shape index (κ3) is 8.77. The molecule has 6 aliphatic heterocycles. The molecule has 2 unspecified atom stereocenters. The minimum absolute atomic E-state index is 0.539. The van der Waals surface area contributed by atoms with E-state index in [0.29, 0.717) is 25.0 Å². The van der Waals surface area contributed by atoms with Crippen molar-refractivity contribution in [3.05, 3.63) is 145 Å². The van der Waals surface area contributed by atoms with Crippen molar-refractivity contribution in [3.8, 4) is 34.0 Å². The van der Waals surface area contributed by atoms with Crippen LogP contribution in [0, 0.1) is 23.7 Å². The molecule has 0 spiro atoms. The maximum atomic E-state index is 6.17. The van der Waals surface area contributed by atoms with Crippen molar-refractivity contribution < 1.29 is 9.47 Å². The quantitative estimate of drug-likeness (QED) is 0.125. The molecule has 6 saturated heterocycles. The molecule has 6 aliphatic rings. The standard InChI is InChI=1S/2C24H27N3O/c2*1-3-7-19(8-4-1)18-28-24-23(21-9-5-2-6-10-21)17-27(25-24)16-22-15-26-13-11-20(22)12-14-26/h2*1-10,17,20,22H,11-16,18H2. The molecule has 8 heterocycles. The summed E-state index contributed by atoms with van der Waals surface area (Å²) in [5.74, 6) is 4.57. The summed E-state index contributed by atoms with van der Waals surface area (Å²) in [6.45, 7) is 10.6. The van der Waals surface area contributed by atoms with Crippen LogP contribution >= 0.6 is 0 Å². The molecule has 2 aromatic heterocycles. The van der Waals surface area contributed by atoms with Gasteiger partial charge in [0.1, 0.15) is 13.2 Å². The molecule has 0 radical (unpaired) electrons. The Morgan fingerprint density at radius 2 is 0.821 bits per heavy atom. The van der Waals surface area contributed by atoms with Crippen molar-refractivity contribution in [1.82, 2.24) is 29.4 Å². The second-order valence-electron chi connectivity index (χ2n) is 16.2. The van der Waals surface area contributed by atoms with Gasteiger partial charge in [-0.15, -0.1) is 10.2 Å². The highest BCUT2D eigenvalue weighted by atomic mass is 16.5. The Bertz CT molecular complexity index is 1950. The highest BCUT2D eigenvalue weighted by Crippen LogP contribution is 2.37.